The third-order valence-electron chi connectivity index (χ3n) is 3.86. The van der Waals surface area contributed by atoms with Gasteiger partial charge in [0.25, 0.3) is 0 Å². The number of amides is 2. The van der Waals surface area contributed by atoms with E-state index >= 15 is 0 Å². The molecule has 2 aliphatic rings. The highest BCUT2D eigenvalue weighted by Gasteiger charge is 2.21. The van der Waals surface area contributed by atoms with Gasteiger partial charge in [-0.1, -0.05) is 12.1 Å². The highest BCUT2D eigenvalue weighted by atomic mass is 16.2. The summed E-state index contributed by atoms with van der Waals surface area (Å²) in [7, 11) is 0. The Balaban J connectivity index is 1.65. The maximum absolute atomic E-state index is 11.7. The SMILES string of the molecule is O=C(C=Cc1ccc(N2CCCC2=O)cc1)N1CCC1. The average Bonchev–Trinajstić information content (AvgIpc) is 2.81. The molecule has 2 heterocycles. The fraction of sp³-hybridized carbons (Fsp3) is 0.375. The van der Waals surface area contributed by atoms with E-state index in [9.17, 15) is 9.59 Å². The minimum absolute atomic E-state index is 0.0787. The van der Waals surface area contributed by atoms with Crippen molar-refractivity contribution in [1.82, 2.24) is 4.90 Å². The van der Waals surface area contributed by atoms with Gasteiger partial charge in [0.15, 0.2) is 0 Å². The largest absolute Gasteiger partial charge is 0.339 e. The van der Waals surface area contributed by atoms with E-state index in [-0.39, 0.29) is 11.8 Å². The van der Waals surface area contributed by atoms with E-state index in [1.54, 1.807) is 6.08 Å². The zero-order valence-electron chi connectivity index (χ0n) is 11.4. The summed E-state index contributed by atoms with van der Waals surface area (Å²) in [5, 5.41) is 0. The highest BCUT2D eigenvalue weighted by Crippen LogP contribution is 2.22. The fourth-order valence-corrected chi connectivity index (χ4v) is 2.50. The van der Waals surface area contributed by atoms with Crippen molar-refractivity contribution in [2.75, 3.05) is 24.5 Å². The summed E-state index contributed by atoms with van der Waals surface area (Å²) >= 11 is 0. The van der Waals surface area contributed by atoms with Crippen molar-refractivity contribution in [2.45, 2.75) is 19.3 Å². The Morgan fingerprint density at radius 3 is 2.35 bits per heavy atom. The molecule has 0 aliphatic carbocycles. The number of carbonyl (C=O) groups excluding carboxylic acids is 2. The van der Waals surface area contributed by atoms with E-state index in [0.29, 0.717) is 6.42 Å². The molecule has 2 aliphatic heterocycles. The van der Waals surface area contributed by atoms with Gasteiger partial charge in [0.05, 0.1) is 0 Å². The quantitative estimate of drug-likeness (QED) is 0.789. The van der Waals surface area contributed by atoms with Gasteiger partial charge in [-0.05, 0) is 36.6 Å². The Morgan fingerprint density at radius 2 is 1.80 bits per heavy atom. The first-order valence-corrected chi connectivity index (χ1v) is 7.11. The lowest BCUT2D eigenvalue weighted by Gasteiger charge is -2.29. The van der Waals surface area contributed by atoms with Crippen LogP contribution in [0.25, 0.3) is 6.08 Å². The van der Waals surface area contributed by atoms with E-state index < -0.39 is 0 Å². The topological polar surface area (TPSA) is 40.6 Å². The molecule has 0 bridgehead atoms. The fourth-order valence-electron chi connectivity index (χ4n) is 2.50. The lowest BCUT2D eigenvalue weighted by Crippen LogP contribution is -2.40. The molecule has 0 saturated carbocycles. The minimum Gasteiger partial charge on any atom is -0.339 e. The van der Waals surface area contributed by atoms with E-state index in [1.165, 1.54) is 0 Å². The zero-order chi connectivity index (χ0) is 13.9. The van der Waals surface area contributed by atoms with E-state index in [4.69, 9.17) is 0 Å². The molecule has 0 N–H and O–H groups in total. The molecule has 20 heavy (non-hydrogen) atoms. The number of likely N-dealkylation sites (tertiary alicyclic amines) is 1. The van der Waals surface area contributed by atoms with Crippen LogP contribution in [0.15, 0.2) is 30.3 Å². The van der Waals surface area contributed by atoms with Gasteiger partial charge in [0.2, 0.25) is 11.8 Å². The number of anilines is 1. The van der Waals surface area contributed by atoms with Gasteiger partial charge >= 0.3 is 0 Å². The molecule has 2 amide bonds. The molecule has 3 rings (SSSR count). The molecule has 4 heteroatoms. The second-order valence-electron chi connectivity index (χ2n) is 5.25. The number of hydrogen-bond acceptors (Lipinski definition) is 2. The second-order valence-corrected chi connectivity index (χ2v) is 5.25. The van der Waals surface area contributed by atoms with E-state index in [2.05, 4.69) is 0 Å². The Bertz CT molecular complexity index is 544. The molecule has 0 atom stereocenters. The van der Waals surface area contributed by atoms with Crippen LogP contribution < -0.4 is 4.90 Å². The first kappa shape index (κ1) is 12.9. The Kier molecular flexibility index (Phi) is 3.54. The van der Waals surface area contributed by atoms with Crippen LogP contribution in [0.3, 0.4) is 0 Å². The predicted molar refractivity (Wildman–Crippen MR) is 78.3 cm³/mol. The van der Waals surface area contributed by atoms with Crippen LogP contribution in [0.2, 0.25) is 0 Å². The van der Waals surface area contributed by atoms with Crippen molar-refractivity contribution in [2.24, 2.45) is 0 Å². The standard InChI is InChI=1S/C16H18N2O2/c19-15(17-10-2-11-17)9-6-13-4-7-14(8-5-13)18-12-1-3-16(18)20/h4-9H,1-3,10-12H2. The minimum atomic E-state index is 0.0787. The zero-order valence-corrected chi connectivity index (χ0v) is 11.4. The molecule has 0 radical (unpaired) electrons. The van der Waals surface area contributed by atoms with Crippen molar-refractivity contribution in [3.05, 3.63) is 35.9 Å². The van der Waals surface area contributed by atoms with Crippen LogP contribution in [0.1, 0.15) is 24.8 Å². The van der Waals surface area contributed by atoms with Crippen LogP contribution in [0, 0.1) is 0 Å². The molecule has 4 nitrogen and oxygen atoms in total. The van der Waals surface area contributed by atoms with Gasteiger partial charge in [-0.3, -0.25) is 9.59 Å². The first-order valence-electron chi connectivity index (χ1n) is 7.11. The maximum Gasteiger partial charge on any atom is 0.246 e. The number of rotatable bonds is 3. The molecule has 1 aromatic carbocycles. The van der Waals surface area contributed by atoms with Gasteiger partial charge in [0, 0.05) is 37.8 Å². The lowest BCUT2D eigenvalue weighted by molar-refractivity contribution is -0.129. The number of hydrogen-bond donors (Lipinski definition) is 0. The van der Waals surface area contributed by atoms with E-state index in [0.717, 1.165) is 43.7 Å². The lowest BCUT2D eigenvalue weighted by atomic mass is 10.1. The average molecular weight is 270 g/mol. The monoisotopic (exact) mass is 270 g/mol. The molecule has 1 aromatic rings. The first-order chi connectivity index (χ1) is 9.74. The Morgan fingerprint density at radius 1 is 1.05 bits per heavy atom. The van der Waals surface area contributed by atoms with Crippen LogP contribution in [0.5, 0.6) is 0 Å². The van der Waals surface area contributed by atoms with Gasteiger partial charge in [0.1, 0.15) is 0 Å². The van der Waals surface area contributed by atoms with Crippen molar-refractivity contribution in [3.8, 4) is 0 Å². The summed E-state index contributed by atoms with van der Waals surface area (Å²) in [5.41, 5.74) is 1.92. The van der Waals surface area contributed by atoms with Gasteiger partial charge < -0.3 is 9.80 Å². The Labute approximate surface area is 118 Å². The van der Waals surface area contributed by atoms with Crippen LogP contribution in [0.4, 0.5) is 5.69 Å². The Hall–Kier alpha value is -2.10. The summed E-state index contributed by atoms with van der Waals surface area (Å²) in [4.78, 5) is 27.0. The molecule has 2 fully saturated rings. The number of benzene rings is 1. The molecule has 0 unspecified atom stereocenters. The van der Waals surface area contributed by atoms with Crippen molar-refractivity contribution in [3.63, 3.8) is 0 Å². The van der Waals surface area contributed by atoms with Crippen LogP contribution >= 0.6 is 0 Å². The summed E-state index contributed by atoms with van der Waals surface area (Å²) in [5.74, 6) is 0.274. The van der Waals surface area contributed by atoms with Crippen LogP contribution in [-0.2, 0) is 9.59 Å². The second kappa shape index (κ2) is 5.49. The molecule has 0 aromatic heterocycles. The van der Waals surface area contributed by atoms with Crippen molar-refractivity contribution < 1.29 is 9.59 Å². The van der Waals surface area contributed by atoms with Crippen LogP contribution in [-0.4, -0.2) is 36.3 Å². The van der Waals surface area contributed by atoms with Gasteiger partial charge in [-0.15, -0.1) is 0 Å². The molecule has 2 saturated heterocycles. The third-order valence-corrected chi connectivity index (χ3v) is 3.86. The van der Waals surface area contributed by atoms with Crippen molar-refractivity contribution in [1.29, 1.82) is 0 Å². The molecule has 0 spiro atoms. The number of carbonyl (C=O) groups is 2. The molecular formula is C16H18N2O2. The highest BCUT2D eigenvalue weighted by molar-refractivity contribution is 5.95. The summed E-state index contributed by atoms with van der Waals surface area (Å²) in [6.45, 7) is 2.56. The van der Waals surface area contributed by atoms with E-state index in [1.807, 2.05) is 40.1 Å². The van der Waals surface area contributed by atoms with Gasteiger partial charge in [-0.2, -0.15) is 0 Å². The summed E-state index contributed by atoms with van der Waals surface area (Å²) in [6.07, 6.45) is 6.14. The normalized spacial score (nSPS) is 18.7. The summed E-state index contributed by atoms with van der Waals surface area (Å²) in [6, 6.07) is 7.77. The maximum atomic E-state index is 11.7. The molecular weight excluding hydrogens is 252 g/mol. The smallest absolute Gasteiger partial charge is 0.246 e. The third kappa shape index (κ3) is 2.59. The predicted octanol–water partition coefficient (Wildman–Crippen LogP) is 2.06. The van der Waals surface area contributed by atoms with Crippen molar-refractivity contribution >= 4 is 23.6 Å². The number of nitrogens with zero attached hydrogens (tertiary/aromatic N) is 2. The van der Waals surface area contributed by atoms with Gasteiger partial charge in [-0.25, -0.2) is 0 Å². The molecule has 104 valence electrons. The summed E-state index contributed by atoms with van der Waals surface area (Å²) < 4.78 is 0.